The molecule has 24 heavy (non-hydrogen) atoms. The van der Waals surface area contributed by atoms with Crippen LogP contribution in [0.15, 0.2) is 58.6 Å². The van der Waals surface area contributed by atoms with Crippen LogP contribution in [0.2, 0.25) is 0 Å². The van der Waals surface area contributed by atoms with Gasteiger partial charge in [-0.25, -0.2) is 9.69 Å². The van der Waals surface area contributed by atoms with E-state index in [0.29, 0.717) is 11.3 Å². The third-order valence-electron chi connectivity index (χ3n) is 3.55. The molecule has 0 atom stereocenters. The average molecular weight is 385 g/mol. The van der Waals surface area contributed by atoms with Crippen molar-refractivity contribution in [3.8, 4) is 0 Å². The second-order valence-corrected chi connectivity index (χ2v) is 6.26. The molecule has 1 aliphatic heterocycles. The van der Waals surface area contributed by atoms with E-state index in [2.05, 4.69) is 21.2 Å². The lowest BCUT2D eigenvalue weighted by Crippen LogP contribution is -2.54. The smallest absolute Gasteiger partial charge is 0.273 e. The van der Waals surface area contributed by atoms with Gasteiger partial charge in [-0.05, 0) is 42.8 Å². The van der Waals surface area contributed by atoms with Crippen LogP contribution in [0.25, 0.3) is 6.08 Å². The number of hydrogen-bond acceptors (Lipinski definition) is 3. The summed E-state index contributed by atoms with van der Waals surface area (Å²) in [5.41, 5.74) is 2.01. The number of rotatable bonds is 2. The molecule has 6 heteroatoms. The Kier molecular flexibility index (Phi) is 4.31. The van der Waals surface area contributed by atoms with Gasteiger partial charge in [-0.3, -0.25) is 14.9 Å². The molecule has 5 nitrogen and oxygen atoms in total. The minimum atomic E-state index is -0.750. The first-order chi connectivity index (χ1) is 11.5. The maximum absolute atomic E-state index is 12.7. The third-order valence-corrected chi connectivity index (χ3v) is 4.05. The van der Waals surface area contributed by atoms with Crippen molar-refractivity contribution in [1.82, 2.24) is 5.32 Å². The van der Waals surface area contributed by atoms with Gasteiger partial charge in [-0.1, -0.05) is 45.8 Å². The minimum absolute atomic E-state index is 0.0896. The quantitative estimate of drug-likeness (QED) is 0.637. The van der Waals surface area contributed by atoms with Crippen LogP contribution < -0.4 is 10.2 Å². The number of anilines is 1. The molecule has 3 rings (SSSR count). The van der Waals surface area contributed by atoms with Gasteiger partial charge >= 0.3 is 6.03 Å². The summed E-state index contributed by atoms with van der Waals surface area (Å²) in [6, 6.07) is 13.4. The number of amides is 4. The van der Waals surface area contributed by atoms with E-state index in [1.165, 1.54) is 6.08 Å². The lowest BCUT2D eigenvalue weighted by atomic mass is 10.1. The first-order valence-corrected chi connectivity index (χ1v) is 7.99. The van der Waals surface area contributed by atoms with E-state index in [1.807, 2.05) is 13.0 Å². The largest absolute Gasteiger partial charge is 0.335 e. The Hall–Kier alpha value is -2.73. The van der Waals surface area contributed by atoms with Gasteiger partial charge in [-0.2, -0.15) is 0 Å². The van der Waals surface area contributed by atoms with Crippen molar-refractivity contribution in [2.75, 3.05) is 4.90 Å². The second-order valence-electron chi connectivity index (χ2n) is 5.35. The highest BCUT2D eigenvalue weighted by Crippen LogP contribution is 2.23. The van der Waals surface area contributed by atoms with Gasteiger partial charge in [0.15, 0.2) is 0 Å². The van der Waals surface area contributed by atoms with Crippen LogP contribution in [0.5, 0.6) is 0 Å². The summed E-state index contributed by atoms with van der Waals surface area (Å²) in [6.07, 6.45) is 1.47. The maximum atomic E-state index is 12.7. The lowest BCUT2D eigenvalue weighted by Gasteiger charge is -2.26. The number of nitrogens with one attached hydrogen (secondary N) is 1. The monoisotopic (exact) mass is 384 g/mol. The maximum Gasteiger partial charge on any atom is 0.335 e. The predicted molar refractivity (Wildman–Crippen MR) is 94.3 cm³/mol. The van der Waals surface area contributed by atoms with Crippen LogP contribution in [0.3, 0.4) is 0 Å². The lowest BCUT2D eigenvalue weighted by molar-refractivity contribution is -0.122. The third kappa shape index (κ3) is 3.14. The molecule has 120 valence electrons. The van der Waals surface area contributed by atoms with Crippen LogP contribution in [-0.4, -0.2) is 17.8 Å². The zero-order chi connectivity index (χ0) is 17.3. The zero-order valence-electron chi connectivity index (χ0n) is 12.7. The highest BCUT2D eigenvalue weighted by Gasteiger charge is 2.36. The second kappa shape index (κ2) is 6.41. The van der Waals surface area contributed by atoms with Crippen molar-refractivity contribution in [3.63, 3.8) is 0 Å². The molecule has 1 fully saturated rings. The summed E-state index contributed by atoms with van der Waals surface area (Å²) in [5, 5.41) is 2.21. The Morgan fingerprint density at radius 3 is 2.42 bits per heavy atom. The molecule has 4 amide bonds. The van der Waals surface area contributed by atoms with Crippen LogP contribution in [0.4, 0.5) is 10.5 Å². The van der Waals surface area contributed by atoms with Crippen LogP contribution in [0.1, 0.15) is 11.1 Å². The topological polar surface area (TPSA) is 66.5 Å². The van der Waals surface area contributed by atoms with Crippen molar-refractivity contribution in [1.29, 1.82) is 0 Å². The molecule has 1 aliphatic rings. The number of nitrogens with zero attached hydrogens (tertiary/aromatic N) is 1. The first-order valence-electron chi connectivity index (χ1n) is 7.19. The summed E-state index contributed by atoms with van der Waals surface area (Å²) in [7, 11) is 0. The number of aryl methyl sites for hydroxylation is 1. The molecular weight excluding hydrogens is 372 g/mol. The number of imide groups is 2. The van der Waals surface area contributed by atoms with Crippen molar-refractivity contribution in [2.24, 2.45) is 0 Å². The van der Waals surface area contributed by atoms with Crippen molar-refractivity contribution >= 4 is 45.5 Å². The molecule has 2 aromatic rings. The van der Waals surface area contributed by atoms with E-state index in [9.17, 15) is 14.4 Å². The summed E-state index contributed by atoms with van der Waals surface area (Å²) in [6.45, 7) is 1.91. The summed E-state index contributed by atoms with van der Waals surface area (Å²) >= 11 is 3.34. The van der Waals surface area contributed by atoms with E-state index in [4.69, 9.17) is 0 Å². The average Bonchev–Trinajstić information content (AvgIpc) is 2.53. The van der Waals surface area contributed by atoms with Gasteiger partial charge in [0.2, 0.25) is 0 Å². The van der Waals surface area contributed by atoms with E-state index in [-0.39, 0.29) is 5.57 Å². The number of benzene rings is 2. The van der Waals surface area contributed by atoms with Crippen molar-refractivity contribution < 1.29 is 14.4 Å². The van der Waals surface area contributed by atoms with Crippen LogP contribution >= 0.6 is 15.9 Å². The first kappa shape index (κ1) is 16.1. The number of hydrogen-bond donors (Lipinski definition) is 1. The number of urea groups is 1. The Labute approximate surface area is 147 Å². The summed E-state index contributed by atoms with van der Waals surface area (Å²) in [4.78, 5) is 37.8. The predicted octanol–water partition coefficient (Wildman–Crippen LogP) is 3.42. The standard InChI is InChI=1S/C18H13BrN2O3/c1-11-5-7-14(8-6-11)21-17(23)15(16(22)20-18(21)24)10-12-3-2-4-13(19)9-12/h2-10H,1H3,(H,20,22,24)/b15-10+. The molecule has 0 saturated carbocycles. The van der Waals surface area contributed by atoms with Gasteiger partial charge in [0.25, 0.3) is 11.8 Å². The fraction of sp³-hybridized carbons (Fsp3) is 0.0556. The molecule has 2 aromatic carbocycles. The highest BCUT2D eigenvalue weighted by atomic mass is 79.9. The molecule has 0 aromatic heterocycles. The number of carbonyl (C=O) groups is 3. The minimum Gasteiger partial charge on any atom is -0.273 e. The van der Waals surface area contributed by atoms with E-state index in [0.717, 1.165) is 14.9 Å². The van der Waals surface area contributed by atoms with Crippen LogP contribution in [0, 0.1) is 6.92 Å². The molecule has 0 bridgehead atoms. The van der Waals surface area contributed by atoms with Crippen molar-refractivity contribution in [2.45, 2.75) is 6.92 Å². The van der Waals surface area contributed by atoms with E-state index >= 15 is 0 Å². The Morgan fingerprint density at radius 2 is 1.75 bits per heavy atom. The van der Waals surface area contributed by atoms with Crippen molar-refractivity contribution in [3.05, 3.63) is 69.7 Å². The molecule has 0 radical (unpaired) electrons. The van der Waals surface area contributed by atoms with E-state index in [1.54, 1.807) is 42.5 Å². The highest BCUT2D eigenvalue weighted by molar-refractivity contribution is 9.10. The molecule has 0 unspecified atom stereocenters. The van der Waals surface area contributed by atoms with Crippen LogP contribution in [-0.2, 0) is 9.59 Å². The Balaban J connectivity index is 2.01. The Bertz CT molecular complexity index is 872. The molecule has 1 heterocycles. The Morgan fingerprint density at radius 1 is 1.04 bits per heavy atom. The molecule has 1 N–H and O–H groups in total. The van der Waals surface area contributed by atoms with Gasteiger partial charge in [0.05, 0.1) is 5.69 Å². The van der Waals surface area contributed by atoms with Gasteiger partial charge in [0, 0.05) is 4.47 Å². The molecule has 0 aliphatic carbocycles. The molecule has 1 saturated heterocycles. The summed E-state index contributed by atoms with van der Waals surface area (Å²) < 4.78 is 0.826. The fourth-order valence-corrected chi connectivity index (χ4v) is 2.77. The number of barbiturate groups is 1. The van der Waals surface area contributed by atoms with Gasteiger partial charge in [-0.15, -0.1) is 0 Å². The van der Waals surface area contributed by atoms with E-state index < -0.39 is 17.8 Å². The number of halogens is 1. The molecular formula is C18H13BrN2O3. The van der Waals surface area contributed by atoms with Gasteiger partial charge in [0.1, 0.15) is 5.57 Å². The SMILES string of the molecule is Cc1ccc(N2C(=O)NC(=O)/C(=C\c3cccc(Br)c3)C2=O)cc1. The molecule has 0 spiro atoms. The number of carbonyl (C=O) groups excluding carboxylic acids is 3. The zero-order valence-corrected chi connectivity index (χ0v) is 14.3. The summed E-state index contributed by atoms with van der Waals surface area (Å²) in [5.74, 6) is -1.35. The van der Waals surface area contributed by atoms with Gasteiger partial charge < -0.3 is 0 Å². The fourth-order valence-electron chi connectivity index (χ4n) is 2.35. The normalized spacial score (nSPS) is 16.5.